The van der Waals surface area contributed by atoms with Crippen LogP contribution in [0.2, 0.25) is 0 Å². The molecule has 1 aliphatic rings. The van der Waals surface area contributed by atoms with E-state index >= 15 is 0 Å². The second-order valence-corrected chi connectivity index (χ2v) is 2.99. The Labute approximate surface area is 72.7 Å². The lowest BCUT2D eigenvalue weighted by Gasteiger charge is -2.12. The third kappa shape index (κ3) is 1.22. The summed E-state index contributed by atoms with van der Waals surface area (Å²) in [7, 11) is 0. The first-order valence-corrected chi connectivity index (χ1v) is 4.33. The van der Waals surface area contributed by atoms with Crippen molar-refractivity contribution in [1.82, 2.24) is 0 Å². The van der Waals surface area contributed by atoms with Crippen molar-refractivity contribution in [2.75, 3.05) is 0 Å². The van der Waals surface area contributed by atoms with Crippen LogP contribution < -0.4 is 4.74 Å². The van der Waals surface area contributed by atoms with Crippen LogP contribution in [0.25, 0.3) is 0 Å². The van der Waals surface area contributed by atoms with Gasteiger partial charge in [-0.1, -0.05) is 19.1 Å². The molecule has 0 aliphatic carbocycles. The summed E-state index contributed by atoms with van der Waals surface area (Å²) in [6.45, 7) is 2.15. The second kappa shape index (κ2) is 3.02. The van der Waals surface area contributed by atoms with Gasteiger partial charge < -0.3 is 4.74 Å². The van der Waals surface area contributed by atoms with Gasteiger partial charge in [0.25, 0.3) is 0 Å². The van der Waals surface area contributed by atoms with Crippen molar-refractivity contribution in [3.63, 3.8) is 0 Å². The number of benzene rings is 1. The third-order valence-electron chi connectivity index (χ3n) is 2.17. The van der Waals surface area contributed by atoms with Crippen molar-refractivity contribution in [2.45, 2.75) is 19.8 Å². The van der Waals surface area contributed by atoms with Crippen LogP contribution in [0.5, 0.6) is 5.75 Å². The highest BCUT2D eigenvalue weighted by Gasteiger charge is 2.05. The van der Waals surface area contributed by atoms with Gasteiger partial charge >= 0.3 is 0 Å². The van der Waals surface area contributed by atoms with Gasteiger partial charge in [0.2, 0.25) is 0 Å². The van der Waals surface area contributed by atoms with Gasteiger partial charge in [-0.15, -0.1) is 0 Å². The highest BCUT2D eigenvalue weighted by molar-refractivity contribution is 5.40. The lowest BCUT2D eigenvalue weighted by atomic mass is 10.1. The molecule has 0 unspecified atom stereocenters. The zero-order chi connectivity index (χ0) is 8.39. The molecule has 1 nitrogen and oxygen atoms in total. The summed E-state index contributed by atoms with van der Waals surface area (Å²) in [5, 5.41) is 0. The first kappa shape index (κ1) is 7.41. The molecule has 62 valence electrons. The van der Waals surface area contributed by atoms with E-state index in [9.17, 15) is 0 Å². The fourth-order valence-electron chi connectivity index (χ4n) is 1.39. The average molecular weight is 160 g/mol. The Kier molecular flexibility index (Phi) is 1.86. The molecule has 0 N–H and O–H groups in total. The number of fused-ring (bicyclic) bond motifs is 1. The Bertz CT molecular complexity index is 313. The first-order chi connectivity index (χ1) is 5.90. The molecule has 0 fully saturated rings. The molecule has 0 saturated heterocycles. The molecule has 0 aromatic heterocycles. The summed E-state index contributed by atoms with van der Waals surface area (Å²) in [4.78, 5) is 0. The second-order valence-electron chi connectivity index (χ2n) is 2.99. The maximum absolute atomic E-state index is 5.39. The predicted molar refractivity (Wildman–Crippen MR) is 49.3 cm³/mol. The minimum atomic E-state index is 0.999. The van der Waals surface area contributed by atoms with Gasteiger partial charge in [-0.25, -0.2) is 0 Å². The molecule has 0 saturated carbocycles. The number of rotatable bonds is 1. The Balaban J connectivity index is 2.39. The molecule has 1 aliphatic heterocycles. The van der Waals surface area contributed by atoms with Crippen molar-refractivity contribution in [3.8, 4) is 5.75 Å². The molecule has 0 amide bonds. The van der Waals surface area contributed by atoms with Gasteiger partial charge in [-0.2, -0.15) is 0 Å². The molecule has 0 atom stereocenters. The van der Waals surface area contributed by atoms with E-state index in [0.717, 1.165) is 18.6 Å². The van der Waals surface area contributed by atoms with Crippen LogP contribution in [0.4, 0.5) is 0 Å². The van der Waals surface area contributed by atoms with E-state index in [2.05, 4.69) is 25.1 Å². The Morgan fingerprint density at radius 1 is 1.42 bits per heavy atom. The van der Waals surface area contributed by atoms with E-state index in [1.807, 2.05) is 6.08 Å². The minimum Gasteiger partial charge on any atom is -0.465 e. The quantitative estimate of drug-likeness (QED) is 0.613. The van der Waals surface area contributed by atoms with Crippen LogP contribution in [0.15, 0.2) is 30.5 Å². The number of hydrogen-bond acceptors (Lipinski definition) is 1. The minimum absolute atomic E-state index is 0.999. The summed E-state index contributed by atoms with van der Waals surface area (Å²) in [5.74, 6) is 1.02. The monoisotopic (exact) mass is 160 g/mol. The van der Waals surface area contributed by atoms with Gasteiger partial charge in [0.15, 0.2) is 0 Å². The molecule has 12 heavy (non-hydrogen) atoms. The molecule has 0 radical (unpaired) electrons. The van der Waals surface area contributed by atoms with Crippen LogP contribution >= 0.6 is 0 Å². The van der Waals surface area contributed by atoms with Gasteiger partial charge in [-0.05, 0) is 36.1 Å². The van der Waals surface area contributed by atoms with Crippen LogP contribution in [-0.4, -0.2) is 0 Å². The average Bonchev–Trinajstić information content (AvgIpc) is 2.17. The Morgan fingerprint density at radius 2 is 2.33 bits per heavy atom. The maximum Gasteiger partial charge on any atom is 0.130 e. The third-order valence-corrected chi connectivity index (χ3v) is 2.17. The molecule has 2 rings (SSSR count). The van der Waals surface area contributed by atoms with E-state index in [1.54, 1.807) is 6.26 Å². The van der Waals surface area contributed by atoms with Crippen LogP contribution in [-0.2, 0) is 12.8 Å². The van der Waals surface area contributed by atoms with Crippen molar-refractivity contribution >= 4 is 0 Å². The topological polar surface area (TPSA) is 9.23 Å². The largest absolute Gasteiger partial charge is 0.465 e. The fourth-order valence-corrected chi connectivity index (χ4v) is 1.39. The van der Waals surface area contributed by atoms with Gasteiger partial charge in [0.1, 0.15) is 5.75 Å². The summed E-state index contributed by atoms with van der Waals surface area (Å²) in [5.41, 5.74) is 2.62. The number of hydrogen-bond donors (Lipinski definition) is 0. The number of ether oxygens (including phenoxy) is 1. The first-order valence-electron chi connectivity index (χ1n) is 4.33. The lowest BCUT2D eigenvalue weighted by Crippen LogP contribution is -1.96. The van der Waals surface area contributed by atoms with E-state index in [-0.39, 0.29) is 0 Å². The highest BCUT2D eigenvalue weighted by Crippen LogP contribution is 2.24. The van der Waals surface area contributed by atoms with Gasteiger partial charge in [0.05, 0.1) is 6.26 Å². The number of allylic oxidation sites excluding steroid dienone is 1. The van der Waals surface area contributed by atoms with E-state index < -0.39 is 0 Å². The Hall–Kier alpha value is -1.24. The highest BCUT2D eigenvalue weighted by atomic mass is 16.5. The Morgan fingerprint density at radius 3 is 3.17 bits per heavy atom. The summed E-state index contributed by atoms with van der Waals surface area (Å²) >= 11 is 0. The van der Waals surface area contributed by atoms with Crippen LogP contribution in [0, 0.1) is 0 Å². The SMILES string of the molecule is CCc1ccc2c(c1)OC=CC2. The fraction of sp³-hybridized carbons (Fsp3) is 0.273. The predicted octanol–water partition coefficient (Wildman–Crippen LogP) is 2.70. The number of aryl methyl sites for hydroxylation is 1. The lowest BCUT2D eigenvalue weighted by molar-refractivity contribution is 0.464. The summed E-state index contributed by atoms with van der Waals surface area (Å²) in [6.07, 6.45) is 5.87. The van der Waals surface area contributed by atoms with E-state index in [0.29, 0.717) is 0 Å². The van der Waals surface area contributed by atoms with Gasteiger partial charge in [-0.3, -0.25) is 0 Å². The maximum atomic E-state index is 5.39. The van der Waals surface area contributed by atoms with E-state index in [4.69, 9.17) is 4.74 Å². The molecular weight excluding hydrogens is 148 g/mol. The van der Waals surface area contributed by atoms with Crippen LogP contribution in [0.3, 0.4) is 0 Å². The summed E-state index contributed by atoms with van der Waals surface area (Å²) in [6, 6.07) is 6.44. The van der Waals surface area contributed by atoms with Crippen molar-refractivity contribution in [1.29, 1.82) is 0 Å². The molecule has 1 heterocycles. The molecule has 0 bridgehead atoms. The van der Waals surface area contributed by atoms with Crippen LogP contribution in [0.1, 0.15) is 18.1 Å². The van der Waals surface area contributed by atoms with Crippen molar-refractivity contribution < 1.29 is 4.74 Å². The molecule has 1 aromatic rings. The van der Waals surface area contributed by atoms with Crippen molar-refractivity contribution in [2.24, 2.45) is 0 Å². The van der Waals surface area contributed by atoms with Gasteiger partial charge in [0, 0.05) is 0 Å². The molecular formula is C11H12O. The zero-order valence-corrected chi connectivity index (χ0v) is 7.21. The van der Waals surface area contributed by atoms with E-state index in [1.165, 1.54) is 11.1 Å². The smallest absolute Gasteiger partial charge is 0.130 e. The normalized spacial score (nSPS) is 13.8. The molecule has 1 aromatic carbocycles. The van der Waals surface area contributed by atoms with Crippen molar-refractivity contribution in [3.05, 3.63) is 41.7 Å². The standard InChI is InChI=1S/C11H12O/c1-2-9-5-6-10-4-3-7-12-11(10)8-9/h3,5-8H,2,4H2,1H3. The molecule has 0 spiro atoms. The molecule has 1 heteroatoms. The summed E-state index contributed by atoms with van der Waals surface area (Å²) < 4.78 is 5.39. The zero-order valence-electron chi connectivity index (χ0n) is 7.21.